The number of nitrogens with two attached hydrogens (primary N) is 1. The minimum atomic E-state index is 0.205. The van der Waals surface area contributed by atoms with Crippen molar-refractivity contribution in [2.24, 2.45) is 10.7 Å². The summed E-state index contributed by atoms with van der Waals surface area (Å²) in [6, 6.07) is 0. The highest BCUT2D eigenvalue weighted by atomic mass is 31.0. The third-order valence-electron chi connectivity index (χ3n) is 1.08. The summed E-state index contributed by atoms with van der Waals surface area (Å²) in [4.78, 5) is 3.90. The third-order valence-corrected chi connectivity index (χ3v) is 1.49. The Kier molecular flexibility index (Phi) is 6.76. The standard InChI is InChI=1S/C6H13N4P/c7-5-10-6(8)9-3-1-2-4-11/h1-4,11H2,(H3,8,9,10). The van der Waals surface area contributed by atoms with Gasteiger partial charge in [-0.05, 0) is 19.0 Å². The van der Waals surface area contributed by atoms with Crippen LogP contribution in [0.15, 0.2) is 4.99 Å². The highest BCUT2D eigenvalue weighted by molar-refractivity contribution is 7.16. The fraction of sp³-hybridized carbons (Fsp3) is 0.667. The van der Waals surface area contributed by atoms with Crippen molar-refractivity contribution in [3.63, 3.8) is 0 Å². The molecule has 0 radical (unpaired) electrons. The number of rotatable bonds is 4. The van der Waals surface area contributed by atoms with E-state index in [0.717, 1.165) is 19.0 Å². The van der Waals surface area contributed by atoms with Crippen molar-refractivity contribution in [3.05, 3.63) is 0 Å². The van der Waals surface area contributed by atoms with Crippen LogP contribution in [-0.4, -0.2) is 18.7 Å². The highest BCUT2D eigenvalue weighted by Crippen LogP contribution is 1.93. The van der Waals surface area contributed by atoms with Crippen molar-refractivity contribution < 1.29 is 0 Å². The zero-order valence-electron chi connectivity index (χ0n) is 6.38. The molecule has 1 atom stereocenters. The first-order valence-electron chi connectivity index (χ1n) is 3.46. The molecule has 0 saturated carbocycles. The average molecular weight is 172 g/mol. The molecule has 1 unspecified atom stereocenters. The van der Waals surface area contributed by atoms with Gasteiger partial charge in [0.15, 0.2) is 6.19 Å². The molecule has 0 aromatic carbocycles. The number of nitriles is 1. The first kappa shape index (κ1) is 10.2. The lowest BCUT2D eigenvalue weighted by Crippen LogP contribution is -2.27. The van der Waals surface area contributed by atoms with Gasteiger partial charge in [-0.25, -0.2) is 0 Å². The van der Waals surface area contributed by atoms with Gasteiger partial charge < -0.3 is 5.73 Å². The van der Waals surface area contributed by atoms with Crippen LogP contribution in [0.25, 0.3) is 0 Å². The van der Waals surface area contributed by atoms with Gasteiger partial charge in [0.2, 0.25) is 5.96 Å². The van der Waals surface area contributed by atoms with Gasteiger partial charge in [-0.2, -0.15) is 5.26 Å². The minimum absolute atomic E-state index is 0.205. The summed E-state index contributed by atoms with van der Waals surface area (Å²) in [7, 11) is 2.65. The second-order valence-corrected chi connectivity index (χ2v) is 2.58. The van der Waals surface area contributed by atoms with Crippen LogP contribution in [0, 0.1) is 11.5 Å². The zero-order valence-corrected chi connectivity index (χ0v) is 7.53. The Morgan fingerprint density at radius 3 is 2.91 bits per heavy atom. The molecular formula is C6H13N4P. The van der Waals surface area contributed by atoms with Crippen LogP contribution in [0.1, 0.15) is 12.8 Å². The van der Waals surface area contributed by atoms with Gasteiger partial charge in [0.25, 0.3) is 0 Å². The fourth-order valence-corrected chi connectivity index (χ4v) is 0.841. The van der Waals surface area contributed by atoms with Gasteiger partial charge in [-0.15, -0.1) is 9.24 Å². The number of guanidine groups is 1. The molecule has 0 fully saturated rings. The molecule has 5 heteroatoms. The SMILES string of the molecule is N#CNC(N)=NCCCCP. The molecular weight excluding hydrogens is 159 g/mol. The van der Waals surface area contributed by atoms with E-state index in [1.807, 2.05) is 0 Å². The molecule has 0 bridgehead atoms. The zero-order chi connectivity index (χ0) is 8.53. The van der Waals surface area contributed by atoms with Gasteiger partial charge in [0.05, 0.1) is 0 Å². The van der Waals surface area contributed by atoms with Crippen LogP contribution in [0.3, 0.4) is 0 Å². The normalized spacial score (nSPS) is 10.7. The fourth-order valence-electron chi connectivity index (χ4n) is 0.552. The molecule has 0 rings (SSSR count). The number of unbranched alkanes of at least 4 members (excludes halogenated alkanes) is 1. The Labute approximate surface area is 69.1 Å². The average Bonchev–Trinajstić information content (AvgIpc) is 1.99. The summed E-state index contributed by atoms with van der Waals surface area (Å²) in [6.45, 7) is 0.689. The van der Waals surface area contributed by atoms with Crippen LogP contribution in [0.5, 0.6) is 0 Å². The Morgan fingerprint density at radius 2 is 2.36 bits per heavy atom. The summed E-state index contributed by atoms with van der Waals surface area (Å²) in [5, 5.41) is 10.4. The topological polar surface area (TPSA) is 74.2 Å². The van der Waals surface area contributed by atoms with Gasteiger partial charge in [-0.1, -0.05) is 0 Å². The van der Waals surface area contributed by atoms with E-state index in [1.165, 1.54) is 0 Å². The molecule has 4 nitrogen and oxygen atoms in total. The van der Waals surface area contributed by atoms with Crippen LogP contribution >= 0.6 is 9.24 Å². The summed E-state index contributed by atoms with van der Waals surface area (Å²) in [6.07, 6.45) is 4.91. The van der Waals surface area contributed by atoms with Gasteiger partial charge >= 0.3 is 0 Å². The van der Waals surface area contributed by atoms with E-state index in [-0.39, 0.29) is 5.96 Å². The first-order valence-corrected chi connectivity index (χ1v) is 4.28. The second kappa shape index (κ2) is 7.30. The maximum atomic E-state index is 8.11. The minimum Gasteiger partial charge on any atom is -0.369 e. The van der Waals surface area contributed by atoms with Crippen molar-refractivity contribution in [1.29, 1.82) is 5.26 Å². The van der Waals surface area contributed by atoms with Crippen molar-refractivity contribution >= 4 is 15.2 Å². The summed E-state index contributed by atoms with van der Waals surface area (Å²) in [5.74, 6) is 0.205. The van der Waals surface area contributed by atoms with E-state index < -0.39 is 0 Å². The van der Waals surface area contributed by atoms with E-state index >= 15 is 0 Å². The van der Waals surface area contributed by atoms with Gasteiger partial charge in [0, 0.05) is 6.54 Å². The van der Waals surface area contributed by atoms with E-state index in [4.69, 9.17) is 11.0 Å². The van der Waals surface area contributed by atoms with Crippen LogP contribution < -0.4 is 11.1 Å². The number of hydrogen-bond donors (Lipinski definition) is 2. The van der Waals surface area contributed by atoms with Gasteiger partial charge in [0.1, 0.15) is 0 Å². The molecule has 0 amide bonds. The number of nitrogens with one attached hydrogen (secondary N) is 1. The molecule has 11 heavy (non-hydrogen) atoms. The maximum Gasteiger partial charge on any atom is 0.202 e. The summed E-state index contributed by atoms with van der Waals surface area (Å²) < 4.78 is 0. The molecule has 0 aliphatic carbocycles. The Bertz CT molecular complexity index is 160. The predicted octanol–water partition coefficient (Wildman–Crippen LogP) is 0.0271. The van der Waals surface area contributed by atoms with Crippen LogP contribution in [-0.2, 0) is 0 Å². The summed E-state index contributed by atoms with van der Waals surface area (Å²) in [5.41, 5.74) is 5.28. The smallest absolute Gasteiger partial charge is 0.202 e. The van der Waals surface area contributed by atoms with Gasteiger partial charge in [-0.3, -0.25) is 10.3 Å². The Balaban J connectivity index is 3.34. The quantitative estimate of drug-likeness (QED) is 0.157. The summed E-state index contributed by atoms with van der Waals surface area (Å²) >= 11 is 0. The van der Waals surface area contributed by atoms with E-state index in [1.54, 1.807) is 6.19 Å². The molecule has 0 spiro atoms. The second-order valence-electron chi connectivity index (χ2n) is 2.00. The largest absolute Gasteiger partial charge is 0.369 e. The van der Waals surface area contributed by atoms with E-state index in [2.05, 4.69) is 19.5 Å². The molecule has 0 heterocycles. The number of hydrogen-bond acceptors (Lipinski definition) is 2. The van der Waals surface area contributed by atoms with Crippen LogP contribution in [0.2, 0.25) is 0 Å². The number of nitrogens with zero attached hydrogens (tertiary/aromatic N) is 2. The lowest BCUT2D eigenvalue weighted by atomic mass is 10.3. The van der Waals surface area contributed by atoms with E-state index in [9.17, 15) is 0 Å². The maximum absolute atomic E-state index is 8.11. The lowest BCUT2D eigenvalue weighted by Gasteiger charge is -1.95. The predicted molar refractivity (Wildman–Crippen MR) is 49.0 cm³/mol. The first-order chi connectivity index (χ1) is 5.31. The molecule has 0 saturated heterocycles. The molecule has 3 N–H and O–H groups in total. The molecule has 0 aliphatic heterocycles. The van der Waals surface area contributed by atoms with E-state index in [0.29, 0.717) is 6.54 Å². The molecule has 0 aromatic heterocycles. The Hall–Kier alpha value is -0.810. The van der Waals surface area contributed by atoms with Crippen molar-refractivity contribution in [2.45, 2.75) is 12.8 Å². The monoisotopic (exact) mass is 172 g/mol. The molecule has 0 aromatic rings. The lowest BCUT2D eigenvalue weighted by molar-refractivity contribution is 0.811. The highest BCUT2D eigenvalue weighted by Gasteiger charge is 1.87. The van der Waals surface area contributed by atoms with Crippen molar-refractivity contribution in [1.82, 2.24) is 5.32 Å². The molecule has 62 valence electrons. The number of aliphatic imine (C=N–C) groups is 1. The third kappa shape index (κ3) is 7.08. The van der Waals surface area contributed by atoms with Crippen LogP contribution in [0.4, 0.5) is 0 Å². The van der Waals surface area contributed by atoms with Crippen molar-refractivity contribution in [2.75, 3.05) is 12.7 Å². The Morgan fingerprint density at radius 1 is 1.64 bits per heavy atom. The molecule has 0 aliphatic rings. The van der Waals surface area contributed by atoms with Crippen molar-refractivity contribution in [3.8, 4) is 6.19 Å².